The molecule has 1 aliphatic heterocycles. The van der Waals surface area contributed by atoms with Gasteiger partial charge in [-0.3, -0.25) is 19.9 Å². The Hall–Kier alpha value is -2.29. The molecule has 0 spiro atoms. The molecule has 1 aromatic rings. The van der Waals surface area contributed by atoms with Gasteiger partial charge in [0.05, 0.1) is 12.6 Å². The lowest BCUT2D eigenvalue weighted by molar-refractivity contribution is -0.136. The second kappa shape index (κ2) is 4.53. The molecule has 0 bridgehead atoms. The number of nitrogen functional groups attached to an aromatic ring is 1. The number of nitrogens with zero attached hydrogens (tertiary/aromatic N) is 3. The second-order valence-electron chi connectivity index (χ2n) is 3.73. The number of nitrogens with one attached hydrogen (secondary N) is 2. The number of nitrogens with two attached hydrogens (primary N) is 1. The third kappa shape index (κ3) is 2.07. The highest BCUT2D eigenvalue weighted by Gasteiger charge is 2.36. The van der Waals surface area contributed by atoms with Crippen molar-refractivity contribution >= 4 is 23.6 Å². The highest BCUT2D eigenvalue weighted by atomic mass is 19.1. The number of aromatic nitrogens is 2. The number of anilines is 2. The third-order valence-corrected chi connectivity index (χ3v) is 2.57. The van der Waals surface area contributed by atoms with Gasteiger partial charge in [0.2, 0.25) is 11.9 Å². The Morgan fingerprint density at radius 1 is 1.56 bits per heavy atom. The summed E-state index contributed by atoms with van der Waals surface area (Å²) in [5, 5.41) is 2.56. The minimum absolute atomic E-state index is 0.00373. The van der Waals surface area contributed by atoms with Crippen LogP contribution in [0, 0.1) is 5.82 Å². The first-order valence-corrected chi connectivity index (χ1v) is 5.09. The van der Waals surface area contributed by atoms with Gasteiger partial charge in [-0.2, -0.15) is 4.98 Å². The van der Waals surface area contributed by atoms with E-state index >= 15 is 0 Å². The first-order chi connectivity index (χ1) is 8.52. The van der Waals surface area contributed by atoms with Gasteiger partial charge in [-0.1, -0.05) is 0 Å². The molecule has 9 heteroatoms. The highest BCUT2D eigenvalue weighted by Crippen LogP contribution is 2.18. The van der Waals surface area contributed by atoms with Gasteiger partial charge in [-0.15, -0.1) is 0 Å². The lowest BCUT2D eigenvalue weighted by Crippen LogP contribution is -2.32. The van der Waals surface area contributed by atoms with Crippen LogP contribution < -0.4 is 16.6 Å². The third-order valence-electron chi connectivity index (χ3n) is 2.57. The summed E-state index contributed by atoms with van der Waals surface area (Å²) >= 11 is 0. The SMILES string of the molecule is CN1C(=O)CC(Nc2nc(NN)ncc2F)C1=O. The average Bonchev–Trinajstić information content (AvgIpc) is 2.60. The van der Waals surface area contributed by atoms with Crippen LogP contribution in [0.25, 0.3) is 0 Å². The monoisotopic (exact) mass is 254 g/mol. The number of amides is 2. The number of halogens is 1. The van der Waals surface area contributed by atoms with Crippen molar-refractivity contribution < 1.29 is 14.0 Å². The fourth-order valence-electron chi connectivity index (χ4n) is 1.57. The zero-order valence-electron chi connectivity index (χ0n) is 9.48. The van der Waals surface area contributed by atoms with Crippen LogP contribution in [-0.4, -0.2) is 39.8 Å². The van der Waals surface area contributed by atoms with Gasteiger partial charge in [0.15, 0.2) is 11.6 Å². The number of carbonyl (C=O) groups excluding carboxylic acids is 2. The van der Waals surface area contributed by atoms with E-state index in [1.165, 1.54) is 7.05 Å². The molecule has 0 radical (unpaired) electrons. The molecule has 0 aromatic carbocycles. The van der Waals surface area contributed by atoms with Gasteiger partial charge >= 0.3 is 0 Å². The lowest BCUT2D eigenvalue weighted by atomic mass is 10.2. The fraction of sp³-hybridized carbons (Fsp3) is 0.333. The molecule has 2 rings (SSSR count). The van der Waals surface area contributed by atoms with Gasteiger partial charge in [0.1, 0.15) is 6.04 Å². The zero-order chi connectivity index (χ0) is 13.3. The van der Waals surface area contributed by atoms with Gasteiger partial charge in [0.25, 0.3) is 5.91 Å². The van der Waals surface area contributed by atoms with Crippen LogP contribution in [0.3, 0.4) is 0 Å². The molecule has 1 unspecified atom stereocenters. The van der Waals surface area contributed by atoms with Crippen LogP contribution in [-0.2, 0) is 9.59 Å². The summed E-state index contributed by atoms with van der Waals surface area (Å²) in [6.45, 7) is 0. The number of hydrogen-bond acceptors (Lipinski definition) is 7. The van der Waals surface area contributed by atoms with E-state index in [4.69, 9.17) is 5.84 Å². The van der Waals surface area contributed by atoms with Gasteiger partial charge in [0, 0.05) is 7.05 Å². The molecule has 1 saturated heterocycles. The minimum Gasteiger partial charge on any atom is -0.355 e. The number of imide groups is 1. The van der Waals surface area contributed by atoms with Crippen LogP contribution >= 0.6 is 0 Å². The fourth-order valence-corrected chi connectivity index (χ4v) is 1.57. The molecular formula is C9H11FN6O2. The van der Waals surface area contributed by atoms with Gasteiger partial charge < -0.3 is 5.32 Å². The Bertz CT molecular complexity index is 508. The predicted molar refractivity (Wildman–Crippen MR) is 59.6 cm³/mol. The van der Waals surface area contributed by atoms with Crippen LogP contribution in [0.1, 0.15) is 6.42 Å². The van der Waals surface area contributed by atoms with Crippen LogP contribution in [0.5, 0.6) is 0 Å². The summed E-state index contributed by atoms with van der Waals surface area (Å²) in [6, 6.07) is -0.822. The van der Waals surface area contributed by atoms with Crippen LogP contribution in [0.2, 0.25) is 0 Å². The summed E-state index contributed by atoms with van der Waals surface area (Å²) in [5.41, 5.74) is 2.16. The molecule has 4 N–H and O–H groups in total. The normalized spacial score (nSPS) is 19.3. The van der Waals surface area contributed by atoms with Crippen molar-refractivity contribution in [3.05, 3.63) is 12.0 Å². The summed E-state index contributed by atoms with van der Waals surface area (Å²) in [6.07, 6.45) is 0.875. The molecule has 2 heterocycles. The largest absolute Gasteiger partial charge is 0.355 e. The molecule has 0 aliphatic carbocycles. The smallest absolute Gasteiger partial charge is 0.251 e. The van der Waals surface area contributed by atoms with E-state index in [-0.39, 0.29) is 24.1 Å². The molecule has 2 amide bonds. The Labute approximate surface area is 101 Å². The summed E-state index contributed by atoms with van der Waals surface area (Å²) in [4.78, 5) is 31.2. The zero-order valence-corrected chi connectivity index (χ0v) is 9.48. The van der Waals surface area contributed by atoms with Crippen molar-refractivity contribution in [1.82, 2.24) is 14.9 Å². The molecule has 8 nitrogen and oxygen atoms in total. The molecular weight excluding hydrogens is 243 g/mol. The summed E-state index contributed by atoms with van der Waals surface area (Å²) in [5.74, 6) is 3.42. The van der Waals surface area contributed by atoms with E-state index in [0.29, 0.717) is 0 Å². The van der Waals surface area contributed by atoms with Crippen molar-refractivity contribution in [1.29, 1.82) is 0 Å². The van der Waals surface area contributed by atoms with Crippen molar-refractivity contribution in [2.75, 3.05) is 17.8 Å². The van der Waals surface area contributed by atoms with E-state index in [1.807, 2.05) is 0 Å². The Morgan fingerprint density at radius 3 is 2.83 bits per heavy atom. The van der Waals surface area contributed by atoms with Gasteiger partial charge in [-0.05, 0) is 0 Å². The lowest BCUT2D eigenvalue weighted by Gasteiger charge is -2.12. The maximum absolute atomic E-state index is 13.4. The standard InChI is InChI=1S/C9H11FN6O2/c1-16-6(17)2-5(8(16)18)13-7-4(10)3-12-9(14-7)15-11/h3,5H,2,11H2,1H3,(H2,12,13,14,15). The number of carbonyl (C=O) groups is 2. The predicted octanol–water partition coefficient (Wildman–Crippen LogP) is -0.930. The van der Waals surface area contributed by atoms with E-state index in [2.05, 4.69) is 20.7 Å². The summed E-state index contributed by atoms with van der Waals surface area (Å²) in [7, 11) is 1.37. The van der Waals surface area contributed by atoms with Crippen LogP contribution in [0.15, 0.2) is 6.20 Å². The molecule has 0 saturated carbocycles. The molecule has 18 heavy (non-hydrogen) atoms. The van der Waals surface area contributed by atoms with Crippen molar-refractivity contribution in [2.24, 2.45) is 5.84 Å². The minimum atomic E-state index is -0.822. The second-order valence-corrected chi connectivity index (χ2v) is 3.73. The maximum Gasteiger partial charge on any atom is 0.251 e. The summed E-state index contributed by atoms with van der Waals surface area (Å²) < 4.78 is 13.4. The van der Waals surface area contributed by atoms with E-state index in [0.717, 1.165) is 11.1 Å². The maximum atomic E-state index is 13.4. The number of hydrogen-bond donors (Lipinski definition) is 3. The molecule has 1 aliphatic rings. The molecule has 1 aromatic heterocycles. The quantitative estimate of drug-likeness (QED) is 0.363. The molecule has 1 fully saturated rings. The first kappa shape index (κ1) is 12.2. The number of likely N-dealkylation sites (N-methyl/N-ethyl adjacent to an activating group) is 1. The number of hydrazine groups is 1. The van der Waals surface area contributed by atoms with Gasteiger partial charge in [-0.25, -0.2) is 15.2 Å². The Balaban J connectivity index is 2.19. The molecule has 1 atom stereocenters. The van der Waals surface area contributed by atoms with Crippen LogP contribution in [0.4, 0.5) is 16.2 Å². The number of rotatable bonds is 3. The Morgan fingerprint density at radius 2 is 2.28 bits per heavy atom. The van der Waals surface area contributed by atoms with E-state index in [9.17, 15) is 14.0 Å². The van der Waals surface area contributed by atoms with Crippen molar-refractivity contribution in [2.45, 2.75) is 12.5 Å². The first-order valence-electron chi connectivity index (χ1n) is 5.09. The molecule has 96 valence electrons. The van der Waals surface area contributed by atoms with Crippen molar-refractivity contribution in [3.63, 3.8) is 0 Å². The average molecular weight is 254 g/mol. The highest BCUT2D eigenvalue weighted by molar-refractivity contribution is 6.06. The number of likely N-dealkylation sites (tertiary alicyclic amines) is 1. The van der Waals surface area contributed by atoms with E-state index < -0.39 is 17.8 Å². The van der Waals surface area contributed by atoms with Crippen molar-refractivity contribution in [3.8, 4) is 0 Å². The Kier molecular flexibility index (Phi) is 3.06. The van der Waals surface area contributed by atoms with E-state index in [1.54, 1.807) is 0 Å². The topological polar surface area (TPSA) is 113 Å².